The fourth-order valence-electron chi connectivity index (χ4n) is 3.34. The Labute approximate surface area is 115 Å². The topological polar surface area (TPSA) is 61.8 Å². The molecule has 110 valence electrons. The lowest BCUT2D eigenvalue weighted by atomic mass is 9.77. The average Bonchev–Trinajstić information content (AvgIpc) is 2.48. The molecule has 2 rings (SSSR count). The van der Waals surface area contributed by atoms with Crippen molar-refractivity contribution < 1.29 is 14.6 Å². The number of aliphatic hydroxyl groups excluding tert-OH is 1. The van der Waals surface area contributed by atoms with E-state index >= 15 is 0 Å². The van der Waals surface area contributed by atoms with Crippen LogP contribution in [0.3, 0.4) is 0 Å². The van der Waals surface area contributed by atoms with E-state index in [2.05, 4.69) is 5.32 Å². The number of ether oxygens (including phenoxy) is 1. The van der Waals surface area contributed by atoms with Gasteiger partial charge in [0, 0.05) is 26.8 Å². The number of likely N-dealkylation sites (tertiary alicyclic amines) is 1. The predicted molar refractivity (Wildman–Crippen MR) is 72.8 cm³/mol. The van der Waals surface area contributed by atoms with Crippen LogP contribution in [0.4, 0.5) is 0 Å². The standard InChI is InChI=1S/C14H26N2O3/c1-19-11-14(4-6-15-7-5-14)13(18)16-8-2-3-12(9-16)10-17/h12,15,17H,2-11H2,1H3. The third kappa shape index (κ3) is 3.27. The van der Waals surface area contributed by atoms with Crippen molar-refractivity contribution in [3.8, 4) is 0 Å². The van der Waals surface area contributed by atoms with Crippen LogP contribution < -0.4 is 5.32 Å². The molecule has 0 spiro atoms. The van der Waals surface area contributed by atoms with Crippen LogP contribution in [0, 0.1) is 11.3 Å². The SMILES string of the molecule is COCC1(C(=O)N2CCCC(CO)C2)CCNCC1. The third-order valence-electron chi connectivity index (χ3n) is 4.50. The molecule has 0 aromatic heterocycles. The third-order valence-corrected chi connectivity index (χ3v) is 4.50. The lowest BCUT2D eigenvalue weighted by Crippen LogP contribution is -2.54. The van der Waals surface area contributed by atoms with E-state index in [0.717, 1.165) is 45.3 Å². The minimum Gasteiger partial charge on any atom is -0.396 e. The van der Waals surface area contributed by atoms with Gasteiger partial charge in [0.2, 0.25) is 5.91 Å². The quantitative estimate of drug-likeness (QED) is 0.768. The van der Waals surface area contributed by atoms with Crippen molar-refractivity contribution >= 4 is 5.91 Å². The average molecular weight is 270 g/mol. The molecule has 19 heavy (non-hydrogen) atoms. The molecule has 2 aliphatic rings. The smallest absolute Gasteiger partial charge is 0.231 e. The lowest BCUT2D eigenvalue weighted by Gasteiger charge is -2.42. The van der Waals surface area contributed by atoms with Gasteiger partial charge in [-0.25, -0.2) is 0 Å². The van der Waals surface area contributed by atoms with Gasteiger partial charge in [0.05, 0.1) is 12.0 Å². The van der Waals surface area contributed by atoms with Crippen molar-refractivity contribution in [3.63, 3.8) is 0 Å². The monoisotopic (exact) mass is 270 g/mol. The van der Waals surface area contributed by atoms with E-state index in [0.29, 0.717) is 13.2 Å². The number of methoxy groups -OCH3 is 1. The molecule has 5 heteroatoms. The molecule has 2 heterocycles. The number of nitrogens with one attached hydrogen (secondary N) is 1. The van der Waals surface area contributed by atoms with Crippen molar-refractivity contribution in [2.24, 2.45) is 11.3 Å². The number of rotatable bonds is 4. The molecule has 1 unspecified atom stereocenters. The number of nitrogens with zero attached hydrogens (tertiary/aromatic N) is 1. The minimum absolute atomic E-state index is 0.183. The van der Waals surface area contributed by atoms with Crippen LogP contribution in [-0.4, -0.2) is 62.4 Å². The van der Waals surface area contributed by atoms with Crippen LogP contribution in [0.2, 0.25) is 0 Å². The van der Waals surface area contributed by atoms with E-state index in [-0.39, 0.29) is 23.8 Å². The van der Waals surface area contributed by atoms with Crippen molar-refractivity contribution in [3.05, 3.63) is 0 Å². The first kappa shape index (κ1) is 14.8. The molecule has 2 N–H and O–H groups in total. The molecule has 0 radical (unpaired) electrons. The number of amides is 1. The van der Waals surface area contributed by atoms with Crippen molar-refractivity contribution in [1.29, 1.82) is 0 Å². The second-order valence-electron chi connectivity index (χ2n) is 5.91. The Hall–Kier alpha value is -0.650. The molecule has 2 saturated heterocycles. The molecular formula is C14H26N2O3. The predicted octanol–water partition coefficient (Wildman–Crippen LogP) is 0.234. The first-order valence-electron chi connectivity index (χ1n) is 7.32. The van der Waals surface area contributed by atoms with Crippen molar-refractivity contribution in [2.45, 2.75) is 25.7 Å². The van der Waals surface area contributed by atoms with Gasteiger partial charge in [-0.05, 0) is 44.7 Å². The van der Waals surface area contributed by atoms with E-state index in [1.165, 1.54) is 0 Å². The summed E-state index contributed by atoms with van der Waals surface area (Å²) in [5.74, 6) is 0.480. The summed E-state index contributed by atoms with van der Waals surface area (Å²) >= 11 is 0. The first-order chi connectivity index (χ1) is 9.22. The highest BCUT2D eigenvalue weighted by atomic mass is 16.5. The van der Waals surface area contributed by atoms with Gasteiger partial charge in [0.15, 0.2) is 0 Å². The zero-order chi connectivity index (χ0) is 13.7. The summed E-state index contributed by atoms with van der Waals surface area (Å²) in [5.41, 5.74) is -0.350. The van der Waals surface area contributed by atoms with Crippen LogP contribution in [0.15, 0.2) is 0 Å². The van der Waals surface area contributed by atoms with Crippen LogP contribution >= 0.6 is 0 Å². The maximum atomic E-state index is 12.9. The molecular weight excluding hydrogens is 244 g/mol. The van der Waals surface area contributed by atoms with Gasteiger partial charge in [0.1, 0.15) is 0 Å². The van der Waals surface area contributed by atoms with Crippen LogP contribution in [0.5, 0.6) is 0 Å². The minimum atomic E-state index is -0.350. The fraction of sp³-hybridized carbons (Fsp3) is 0.929. The number of carbonyl (C=O) groups is 1. The molecule has 1 amide bonds. The second-order valence-corrected chi connectivity index (χ2v) is 5.91. The summed E-state index contributed by atoms with van der Waals surface area (Å²) in [7, 11) is 1.67. The highest BCUT2D eigenvalue weighted by molar-refractivity contribution is 5.83. The summed E-state index contributed by atoms with van der Waals surface area (Å²) < 4.78 is 5.33. The van der Waals surface area contributed by atoms with Gasteiger partial charge in [-0.2, -0.15) is 0 Å². The number of piperidine rings is 2. The molecule has 2 aliphatic heterocycles. The molecule has 0 aromatic rings. The summed E-state index contributed by atoms with van der Waals surface area (Å²) in [5, 5.41) is 12.6. The highest BCUT2D eigenvalue weighted by Gasteiger charge is 2.43. The molecule has 0 bridgehead atoms. The lowest BCUT2D eigenvalue weighted by molar-refractivity contribution is -0.149. The van der Waals surface area contributed by atoms with Crippen LogP contribution in [-0.2, 0) is 9.53 Å². The van der Waals surface area contributed by atoms with Crippen molar-refractivity contribution in [1.82, 2.24) is 10.2 Å². The van der Waals surface area contributed by atoms with Gasteiger partial charge >= 0.3 is 0 Å². The number of hydrogen-bond acceptors (Lipinski definition) is 4. The molecule has 0 saturated carbocycles. The zero-order valence-corrected chi connectivity index (χ0v) is 11.9. The maximum absolute atomic E-state index is 12.9. The molecule has 0 aliphatic carbocycles. The Bertz CT molecular complexity index is 298. The van der Waals surface area contributed by atoms with E-state index in [1.54, 1.807) is 7.11 Å². The summed E-state index contributed by atoms with van der Waals surface area (Å²) in [6.45, 7) is 3.98. The number of hydrogen-bond donors (Lipinski definition) is 2. The Morgan fingerprint density at radius 3 is 2.84 bits per heavy atom. The largest absolute Gasteiger partial charge is 0.396 e. The Morgan fingerprint density at radius 2 is 2.21 bits per heavy atom. The van der Waals surface area contributed by atoms with Gasteiger partial charge in [-0.15, -0.1) is 0 Å². The highest BCUT2D eigenvalue weighted by Crippen LogP contribution is 2.33. The van der Waals surface area contributed by atoms with Crippen LogP contribution in [0.1, 0.15) is 25.7 Å². The van der Waals surface area contributed by atoms with E-state index in [4.69, 9.17) is 4.74 Å². The van der Waals surface area contributed by atoms with Crippen molar-refractivity contribution in [2.75, 3.05) is 46.5 Å². The zero-order valence-electron chi connectivity index (χ0n) is 11.9. The van der Waals surface area contributed by atoms with Gasteiger partial charge in [0.25, 0.3) is 0 Å². The molecule has 0 aromatic carbocycles. The normalized spacial score (nSPS) is 27.3. The molecule has 2 fully saturated rings. The number of carbonyl (C=O) groups excluding carboxylic acids is 1. The van der Waals surface area contributed by atoms with Gasteiger partial charge in [-0.3, -0.25) is 4.79 Å². The second kappa shape index (κ2) is 6.68. The van der Waals surface area contributed by atoms with Gasteiger partial charge in [-0.1, -0.05) is 0 Å². The van der Waals surface area contributed by atoms with E-state index < -0.39 is 0 Å². The summed E-state index contributed by atoms with van der Waals surface area (Å²) in [6.07, 6.45) is 3.72. The Balaban J connectivity index is 2.05. The molecule has 1 atom stereocenters. The van der Waals surface area contributed by atoms with Crippen LogP contribution in [0.25, 0.3) is 0 Å². The van der Waals surface area contributed by atoms with E-state index in [1.807, 2.05) is 4.90 Å². The summed E-state index contributed by atoms with van der Waals surface area (Å²) in [4.78, 5) is 14.8. The summed E-state index contributed by atoms with van der Waals surface area (Å²) in [6, 6.07) is 0. The Kier molecular flexibility index (Phi) is 5.19. The fourth-order valence-corrected chi connectivity index (χ4v) is 3.34. The Morgan fingerprint density at radius 1 is 1.47 bits per heavy atom. The number of aliphatic hydroxyl groups is 1. The van der Waals surface area contributed by atoms with Gasteiger partial charge < -0.3 is 20.1 Å². The first-order valence-corrected chi connectivity index (χ1v) is 7.32. The van der Waals surface area contributed by atoms with E-state index in [9.17, 15) is 9.90 Å². The molecule has 5 nitrogen and oxygen atoms in total. The maximum Gasteiger partial charge on any atom is 0.231 e.